The highest BCUT2D eigenvalue weighted by molar-refractivity contribution is 5.42. The minimum atomic E-state index is 0.628. The fourth-order valence-electron chi connectivity index (χ4n) is 1.33. The lowest BCUT2D eigenvalue weighted by molar-refractivity contribution is 0.757. The van der Waals surface area contributed by atoms with Crippen LogP contribution in [0.1, 0.15) is 48.5 Å². The molecule has 0 saturated carbocycles. The fraction of sp³-hybridized carbons (Fsp3) is 0.571. The molecule has 0 aliphatic rings. The molecule has 0 aromatic rings. The second kappa shape index (κ2) is 5.19. The minimum Gasteiger partial charge on any atom is -0.0958 e. The van der Waals surface area contributed by atoms with Gasteiger partial charge in [-0.1, -0.05) is 31.6 Å². The van der Waals surface area contributed by atoms with Crippen LogP contribution < -0.4 is 0 Å². The van der Waals surface area contributed by atoms with E-state index < -0.39 is 0 Å². The van der Waals surface area contributed by atoms with Gasteiger partial charge < -0.3 is 0 Å². The summed E-state index contributed by atoms with van der Waals surface area (Å²) in [6.07, 6.45) is 0. The molecule has 0 nitrogen and oxygen atoms in total. The molecular weight excluding hydrogens is 168 g/mol. The van der Waals surface area contributed by atoms with Crippen LogP contribution in [0.15, 0.2) is 34.4 Å². The summed E-state index contributed by atoms with van der Waals surface area (Å²) in [6, 6.07) is 0. The van der Waals surface area contributed by atoms with Gasteiger partial charge >= 0.3 is 0 Å². The third-order valence-electron chi connectivity index (χ3n) is 3.22. The monoisotopic (exact) mass is 192 g/mol. The van der Waals surface area contributed by atoms with Crippen LogP contribution in [0.4, 0.5) is 0 Å². The third-order valence-corrected chi connectivity index (χ3v) is 3.22. The van der Waals surface area contributed by atoms with Crippen LogP contribution in [0, 0.1) is 5.92 Å². The number of allylic oxidation sites excluding steroid dienone is 5. The maximum Gasteiger partial charge on any atom is -0.0257 e. The number of rotatable bonds is 3. The molecule has 0 amide bonds. The zero-order valence-corrected chi connectivity index (χ0v) is 10.8. The zero-order chi connectivity index (χ0) is 11.5. The quantitative estimate of drug-likeness (QED) is 0.558. The van der Waals surface area contributed by atoms with E-state index in [1.54, 1.807) is 0 Å². The Hall–Kier alpha value is -0.780. The molecule has 0 N–H and O–H groups in total. The first-order valence-electron chi connectivity index (χ1n) is 5.30. The third kappa shape index (κ3) is 3.17. The van der Waals surface area contributed by atoms with E-state index in [0.717, 1.165) is 0 Å². The Labute approximate surface area is 89.4 Å². The van der Waals surface area contributed by atoms with Crippen molar-refractivity contribution < 1.29 is 0 Å². The van der Waals surface area contributed by atoms with Gasteiger partial charge in [-0.3, -0.25) is 0 Å². The molecule has 14 heavy (non-hydrogen) atoms. The summed E-state index contributed by atoms with van der Waals surface area (Å²) >= 11 is 0. The highest BCUT2D eigenvalue weighted by Gasteiger charge is 2.06. The molecule has 0 atom stereocenters. The Kier molecular flexibility index (Phi) is 4.90. The van der Waals surface area contributed by atoms with E-state index in [4.69, 9.17) is 0 Å². The van der Waals surface area contributed by atoms with Crippen LogP contribution in [-0.2, 0) is 0 Å². The number of hydrogen-bond acceptors (Lipinski definition) is 0. The molecule has 0 fully saturated rings. The summed E-state index contributed by atoms with van der Waals surface area (Å²) < 4.78 is 0. The van der Waals surface area contributed by atoms with E-state index in [1.165, 1.54) is 27.9 Å². The molecule has 0 unspecified atom stereocenters. The maximum absolute atomic E-state index is 3.98. The van der Waals surface area contributed by atoms with E-state index in [-0.39, 0.29) is 0 Å². The molecule has 0 radical (unpaired) electrons. The van der Waals surface area contributed by atoms with Crippen molar-refractivity contribution in [2.24, 2.45) is 5.92 Å². The topological polar surface area (TPSA) is 0 Å². The van der Waals surface area contributed by atoms with Crippen molar-refractivity contribution in [3.63, 3.8) is 0 Å². The van der Waals surface area contributed by atoms with E-state index >= 15 is 0 Å². The summed E-state index contributed by atoms with van der Waals surface area (Å²) in [7, 11) is 0. The van der Waals surface area contributed by atoms with Crippen molar-refractivity contribution in [3.05, 3.63) is 34.4 Å². The van der Waals surface area contributed by atoms with Crippen LogP contribution in [-0.4, -0.2) is 0 Å². The smallest absolute Gasteiger partial charge is 0.0257 e. The van der Waals surface area contributed by atoms with Gasteiger partial charge in [0, 0.05) is 0 Å². The molecule has 0 heterocycles. The highest BCUT2D eigenvalue weighted by atomic mass is 14.1. The molecule has 0 bridgehead atoms. The number of hydrogen-bond donors (Lipinski definition) is 0. The Morgan fingerprint density at radius 2 is 1.21 bits per heavy atom. The van der Waals surface area contributed by atoms with Gasteiger partial charge in [0.2, 0.25) is 0 Å². The SMILES string of the molecule is C=C(C)/C(C)=C(C)\C(C)=C(\C)C(C)C. The first kappa shape index (κ1) is 13.2. The lowest BCUT2D eigenvalue weighted by atomic mass is 9.92. The van der Waals surface area contributed by atoms with Crippen molar-refractivity contribution in [3.8, 4) is 0 Å². The van der Waals surface area contributed by atoms with Gasteiger partial charge in [-0.05, 0) is 57.3 Å². The van der Waals surface area contributed by atoms with Gasteiger partial charge in [-0.25, -0.2) is 0 Å². The Morgan fingerprint density at radius 1 is 0.786 bits per heavy atom. The zero-order valence-electron chi connectivity index (χ0n) is 10.8. The van der Waals surface area contributed by atoms with Crippen LogP contribution in [0.3, 0.4) is 0 Å². The van der Waals surface area contributed by atoms with Crippen LogP contribution in [0.2, 0.25) is 0 Å². The predicted molar refractivity (Wildman–Crippen MR) is 66.4 cm³/mol. The summed E-state index contributed by atoms with van der Waals surface area (Å²) in [5, 5.41) is 0. The average molecular weight is 192 g/mol. The lowest BCUT2D eigenvalue weighted by Gasteiger charge is -2.14. The van der Waals surface area contributed by atoms with Crippen molar-refractivity contribution in [1.82, 2.24) is 0 Å². The van der Waals surface area contributed by atoms with Gasteiger partial charge in [0.15, 0.2) is 0 Å². The second-order valence-electron chi connectivity index (χ2n) is 4.49. The van der Waals surface area contributed by atoms with Gasteiger partial charge in [-0.15, -0.1) is 0 Å². The Morgan fingerprint density at radius 3 is 1.50 bits per heavy atom. The average Bonchev–Trinajstić information content (AvgIpc) is 2.12. The first-order chi connectivity index (χ1) is 6.29. The second-order valence-corrected chi connectivity index (χ2v) is 4.49. The first-order valence-corrected chi connectivity index (χ1v) is 5.30. The minimum absolute atomic E-state index is 0.628. The molecule has 0 rings (SSSR count). The summed E-state index contributed by atoms with van der Waals surface area (Å²) in [4.78, 5) is 0. The molecule has 0 spiro atoms. The van der Waals surface area contributed by atoms with E-state index in [1.807, 2.05) is 0 Å². The Bertz CT molecular complexity index is 285. The molecule has 0 aromatic heterocycles. The van der Waals surface area contributed by atoms with Gasteiger partial charge in [-0.2, -0.15) is 0 Å². The maximum atomic E-state index is 3.98. The van der Waals surface area contributed by atoms with Crippen molar-refractivity contribution in [2.75, 3.05) is 0 Å². The lowest BCUT2D eigenvalue weighted by Crippen LogP contribution is -1.97. The van der Waals surface area contributed by atoms with Crippen LogP contribution in [0.25, 0.3) is 0 Å². The summed E-state index contributed by atoms with van der Waals surface area (Å²) in [5.41, 5.74) is 6.76. The Balaban J connectivity index is 5.24. The van der Waals surface area contributed by atoms with Gasteiger partial charge in [0.05, 0.1) is 0 Å². The fourth-order valence-corrected chi connectivity index (χ4v) is 1.33. The normalized spacial score (nSPS) is 15.1. The molecular formula is C14H24. The van der Waals surface area contributed by atoms with E-state index in [0.29, 0.717) is 5.92 Å². The van der Waals surface area contributed by atoms with Gasteiger partial charge in [0.25, 0.3) is 0 Å². The highest BCUT2D eigenvalue weighted by Crippen LogP contribution is 2.24. The van der Waals surface area contributed by atoms with Crippen molar-refractivity contribution >= 4 is 0 Å². The van der Waals surface area contributed by atoms with E-state index in [2.05, 4.69) is 55.0 Å². The molecule has 0 saturated heterocycles. The summed E-state index contributed by atoms with van der Waals surface area (Å²) in [6.45, 7) is 19.3. The molecule has 80 valence electrons. The van der Waals surface area contributed by atoms with Crippen LogP contribution >= 0.6 is 0 Å². The molecule has 0 aliphatic heterocycles. The molecule has 0 aromatic carbocycles. The predicted octanol–water partition coefficient (Wildman–Crippen LogP) is 4.89. The van der Waals surface area contributed by atoms with Crippen molar-refractivity contribution in [2.45, 2.75) is 48.5 Å². The van der Waals surface area contributed by atoms with Crippen molar-refractivity contribution in [1.29, 1.82) is 0 Å². The van der Waals surface area contributed by atoms with Crippen LogP contribution in [0.5, 0.6) is 0 Å². The standard InChI is InChI=1S/C14H24/c1-9(2)11(5)13(7)14(8)12(6)10(3)4/h10H,1H2,2-8H3/b13-11-,14-12-. The largest absolute Gasteiger partial charge is 0.0958 e. The van der Waals surface area contributed by atoms with E-state index in [9.17, 15) is 0 Å². The van der Waals surface area contributed by atoms with Gasteiger partial charge in [0.1, 0.15) is 0 Å². The molecule has 0 heteroatoms. The molecule has 0 aliphatic carbocycles. The summed E-state index contributed by atoms with van der Waals surface area (Å²) in [5.74, 6) is 0.628.